The van der Waals surface area contributed by atoms with Gasteiger partial charge in [-0.1, -0.05) is 74.2 Å². The summed E-state index contributed by atoms with van der Waals surface area (Å²) in [5.41, 5.74) is 1.97. The fraction of sp³-hybridized carbons (Fsp3) is 0.440. The number of benzene rings is 2. The predicted molar refractivity (Wildman–Crippen MR) is 115 cm³/mol. The minimum atomic E-state index is -0.204. The second kappa shape index (κ2) is 9.25. The normalized spacial score (nSPS) is 21.8. The number of carbonyl (C=O) groups is 2. The molecular formula is C25H30N2O2. The van der Waals surface area contributed by atoms with E-state index in [1.807, 2.05) is 65.6 Å². The van der Waals surface area contributed by atoms with E-state index < -0.39 is 0 Å². The lowest BCUT2D eigenvalue weighted by Crippen LogP contribution is -2.37. The maximum Gasteiger partial charge on any atom is 0.231 e. The van der Waals surface area contributed by atoms with E-state index in [4.69, 9.17) is 0 Å². The molecular weight excluding hydrogens is 360 g/mol. The molecule has 0 aliphatic heterocycles. The van der Waals surface area contributed by atoms with Crippen LogP contribution in [0.1, 0.15) is 50.5 Å². The van der Waals surface area contributed by atoms with Crippen LogP contribution < -0.4 is 10.2 Å². The number of hydrogen-bond acceptors (Lipinski definition) is 2. The Morgan fingerprint density at radius 2 is 1.45 bits per heavy atom. The average molecular weight is 391 g/mol. The fourth-order valence-electron chi connectivity index (χ4n) is 4.36. The number of nitrogens with one attached hydrogen (secondary N) is 1. The first-order chi connectivity index (χ1) is 14.2. The Morgan fingerprint density at radius 1 is 0.828 bits per heavy atom. The summed E-state index contributed by atoms with van der Waals surface area (Å²) in [6.07, 6.45) is 7.72. The Balaban J connectivity index is 1.42. The Morgan fingerprint density at radius 3 is 2.10 bits per heavy atom. The van der Waals surface area contributed by atoms with Gasteiger partial charge in [-0.25, -0.2) is 0 Å². The SMILES string of the molecule is O=C(NC1CCCCCC1)C1CC1C(=O)N(Cc1ccccc1)c1ccccc1. The van der Waals surface area contributed by atoms with Crippen molar-refractivity contribution < 1.29 is 9.59 Å². The van der Waals surface area contributed by atoms with Gasteiger partial charge in [0.15, 0.2) is 0 Å². The zero-order chi connectivity index (χ0) is 20.1. The number of anilines is 1. The Kier molecular flexibility index (Phi) is 6.28. The van der Waals surface area contributed by atoms with Crippen LogP contribution in [0.15, 0.2) is 60.7 Å². The van der Waals surface area contributed by atoms with Crippen LogP contribution in [0.2, 0.25) is 0 Å². The van der Waals surface area contributed by atoms with Crippen LogP contribution in [0.25, 0.3) is 0 Å². The molecule has 2 aliphatic rings. The summed E-state index contributed by atoms with van der Waals surface area (Å²) in [6, 6.07) is 20.1. The summed E-state index contributed by atoms with van der Waals surface area (Å²) in [5, 5.41) is 3.22. The maximum atomic E-state index is 13.3. The molecule has 0 bridgehead atoms. The third-order valence-corrected chi connectivity index (χ3v) is 6.16. The average Bonchev–Trinajstić information content (AvgIpc) is 3.58. The molecule has 0 spiro atoms. The van der Waals surface area contributed by atoms with Gasteiger partial charge in [0.2, 0.25) is 11.8 Å². The van der Waals surface area contributed by atoms with Crippen molar-refractivity contribution in [2.75, 3.05) is 4.90 Å². The summed E-state index contributed by atoms with van der Waals surface area (Å²) < 4.78 is 0. The van der Waals surface area contributed by atoms with Gasteiger partial charge >= 0.3 is 0 Å². The van der Waals surface area contributed by atoms with Crippen molar-refractivity contribution in [3.8, 4) is 0 Å². The van der Waals surface area contributed by atoms with Gasteiger partial charge < -0.3 is 10.2 Å². The van der Waals surface area contributed by atoms with Gasteiger partial charge in [-0.15, -0.1) is 0 Å². The van der Waals surface area contributed by atoms with Crippen LogP contribution in [0, 0.1) is 11.8 Å². The van der Waals surface area contributed by atoms with E-state index in [1.54, 1.807) is 0 Å². The molecule has 2 aromatic rings. The van der Waals surface area contributed by atoms with Gasteiger partial charge in [0, 0.05) is 11.7 Å². The number of nitrogens with zero attached hydrogens (tertiary/aromatic N) is 1. The van der Waals surface area contributed by atoms with Gasteiger partial charge in [0.25, 0.3) is 0 Å². The van der Waals surface area contributed by atoms with Crippen LogP contribution in [-0.2, 0) is 16.1 Å². The van der Waals surface area contributed by atoms with Gasteiger partial charge in [0.1, 0.15) is 0 Å². The molecule has 2 unspecified atom stereocenters. The first-order valence-electron chi connectivity index (χ1n) is 10.9. The molecule has 2 atom stereocenters. The molecule has 4 heteroatoms. The van der Waals surface area contributed by atoms with E-state index in [1.165, 1.54) is 25.7 Å². The number of hydrogen-bond donors (Lipinski definition) is 1. The zero-order valence-electron chi connectivity index (χ0n) is 16.9. The van der Waals surface area contributed by atoms with E-state index in [0.717, 1.165) is 24.1 Å². The molecule has 29 heavy (non-hydrogen) atoms. The highest BCUT2D eigenvalue weighted by molar-refractivity contribution is 6.01. The molecule has 0 radical (unpaired) electrons. The van der Waals surface area contributed by atoms with Crippen LogP contribution in [0.3, 0.4) is 0 Å². The lowest BCUT2D eigenvalue weighted by atomic mass is 10.1. The summed E-state index contributed by atoms with van der Waals surface area (Å²) in [4.78, 5) is 27.9. The topological polar surface area (TPSA) is 49.4 Å². The zero-order valence-corrected chi connectivity index (χ0v) is 16.9. The molecule has 2 fully saturated rings. The van der Waals surface area contributed by atoms with Crippen molar-refractivity contribution in [3.05, 3.63) is 66.2 Å². The highest BCUT2D eigenvalue weighted by Crippen LogP contribution is 2.41. The van der Waals surface area contributed by atoms with Gasteiger partial charge in [-0.05, 0) is 37.0 Å². The second-order valence-corrected chi connectivity index (χ2v) is 8.39. The minimum absolute atomic E-state index is 0.0565. The highest BCUT2D eigenvalue weighted by atomic mass is 16.2. The van der Waals surface area contributed by atoms with E-state index in [-0.39, 0.29) is 29.7 Å². The monoisotopic (exact) mass is 390 g/mol. The Labute approximate surface area is 173 Å². The molecule has 0 saturated heterocycles. The molecule has 2 aliphatic carbocycles. The lowest BCUT2D eigenvalue weighted by molar-refractivity contribution is -0.126. The third-order valence-electron chi connectivity index (χ3n) is 6.16. The van der Waals surface area contributed by atoms with E-state index in [9.17, 15) is 9.59 Å². The molecule has 4 rings (SSSR count). The van der Waals surface area contributed by atoms with Gasteiger partial charge in [0.05, 0.1) is 18.4 Å². The standard InChI is InChI=1S/C25H30N2O2/c28-24(26-20-13-7-1-2-8-14-20)22-17-23(22)25(29)27(21-15-9-4-10-16-21)18-19-11-5-3-6-12-19/h3-6,9-12,15-16,20,22-23H,1-2,7-8,13-14,17-18H2,(H,26,28). The summed E-state index contributed by atoms with van der Waals surface area (Å²) >= 11 is 0. The number of amides is 2. The maximum absolute atomic E-state index is 13.3. The van der Waals surface area contributed by atoms with Crippen LogP contribution in [0.5, 0.6) is 0 Å². The fourth-order valence-corrected chi connectivity index (χ4v) is 4.36. The van der Waals surface area contributed by atoms with Crippen molar-refractivity contribution >= 4 is 17.5 Å². The Bertz CT molecular complexity index is 813. The molecule has 2 amide bonds. The number of para-hydroxylation sites is 1. The van der Waals surface area contributed by atoms with Crippen LogP contribution in [0.4, 0.5) is 5.69 Å². The second-order valence-electron chi connectivity index (χ2n) is 8.39. The molecule has 0 heterocycles. The van der Waals surface area contributed by atoms with Crippen LogP contribution in [-0.4, -0.2) is 17.9 Å². The third kappa shape index (κ3) is 5.06. The van der Waals surface area contributed by atoms with E-state index in [2.05, 4.69) is 5.32 Å². The Hall–Kier alpha value is -2.62. The smallest absolute Gasteiger partial charge is 0.231 e. The molecule has 4 nitrogen and oxygen atoms in total. The van der Waals surface area contributed by atoms with Gasteiger partial charge in [-0.3, -0.25) is 9.59 Å². The summed E-state index contributed by atoms with van der Waals surface area (Å²) in [7, 11) is 0. The molecule has 152 valence electrons. The minimum Gasteiger partial charge on any atom is -0.353 e. The first-order valence-corrected chi connectivity index (χ1v) is 10.9. The van der Waals surface area contributed by atoms with E-state index >= 15 is 0 Å². The highest BCUT2D eigenvalue weighted by Gasteiger charge is 2.50. The largest absolute Gasteiger partial charge is 0.353 e. The molecule has 2 saturated carbocycles. The van der Waals surface area contributed by atoms with Crippen molar-refractivity contribution in [1.82, 2.24) is 5.32 Å². The van der Waals surface area contributed by atoms with Crippen LogP contribution >= 0.6 is 0 Å². The van der Waals surface area contributed by atoms with E-state index in [0.29, 0.717) is 13.0 Å². The number of carbonyl (C=O) groups excluding carboxylic acids is 2. The van der Waals surface area contributed by atoms with Crippen molar-refractivity contribution in [2.24, 2.45) is 11.8 Å². The van der Waals surface area contributed by atoms with Gasteiger partial charge in [-0.2, -0.15) is 0 Å². The number of rotatable bonds is 6. The van der Waals surface area contributed by atoms with Crippen molar-refractivity contribution in [2.45, 2.75) is 57.5 Å². The quantitative estimate of drug-likeness (QED) is 0.727. The predicted octanol–water partition coefficient (Wildman–Crippen LogP) is 4.69. The lowest BCUT2D eigenvalue weighted by Gasteiger charge is -2.23. The van der Waals surface area contributed by atoms with Crippen molar-refractivity contribution in [3.63, 3.8) is 0 Å². The molecule has 1 N–H and O–H groups in total. The molecule has 2 aromatic carbocycles. The first kappa shape index (κ1) is 19.7. The summed E-state index contributed by atoms with van der Waals surface area (Å²) in [6.45, 7) is 0.525. The van der Waals surface area contributed by atoms with Crippen molar-refractivity contribution in [1.29, 1.82) is 0 Å². The summed E-state index contributed by atoms with van der Waals surface area (Å²) in [5.74, 6) is -0.249. The molecule has 0 aromatic heterocycles.